The highest BCUT2D eigenvalue weighted by molar-refractivity contribution is 6.38. The van der Waals surface area contributed by atoms with Crippen LogP contribution in [0, 0.1) is 0 Å². The molecule has 36 heavy (non-hydrogen) atoms. The number of hydrogen-bond donors (Lipinski definition) is 4. The largest absolute Gasteiger partial charge is 0.507 e. The molecule has 6 rings (SSSR count). The second kappa shape index (κ2) is 9.45. The Morgan fingerprint density at radius 3 is 2.08 bits per heavy atom. The summed E-state index contributed by atoms with van der Waals surface area (Å²) in [7, 11) is 0. The van der Waals surface area contributed by atoms with Crippen LogP contribution >= 0.6 is 46.4 Å². The number of phenols is 4. The molecule has 0 atom stereocenters. The van der Waals surface area contributed by atoms with Crippen molar-refractivity contribution in [3.05, 3.63) is 90.9 Å². The Hall–Kier alpha value is -3.02. The quantitative estimate of drug-likeness (QED) is 0.173. The first-order valence-electron chi connectivity index (χ1n) is 10.9. The van der Waals surface area contributed by atoms with E-state index in [1.54, 1.807) is 54.6 Å². The van der Waals surface area contributed by atoms with Gasteiger partial charge in [-0.25, -0.2) is 0 Å². The van der Waals surface area contributed by atoms with Gasteiger partial charge in [0.25, 0.3) is 0 Å². The van der Waals surface area contributed by atoms with Crippen LogP contribution in [0.5, 0.6) is 23.0 Å². The van der Waals surface area contributed by atoms with Gasteiger partial charge in [0.05, 0.1) is 20.1 Å². The summed E-state index contributed by atoms with van der Waals surface area (Å²) >= 11 is 25.7. The minimum absolute atomic E-state index is 0.0234. The molecule has 2 aliphatic rings. The summed E-state index contributed by atoms with van der Waals surface area (Å²) in [4.78, 5) is 0. The Balaban J connectivity index is 1.81. The van der Waals surface area contributed by atoms with Gasteiger partial charge < -0.3 is 20.4 Å². The summed E-state index contributed by atoms with van der Waals surface area (Å²) in [5.41, 5.74) is 4.32. The molecule has 6 bridgehead atoms. The Labute approximate surface area is 227 Å². The molecule has 0 saturated carbocycles. The normalized spacial score (nSPS) is 12.6. The monoisotopic (exact) mass is 558 g/mol. The first-order valence-corrected chi connectivity index (χ1v) is 12.4. The van der Waals surface area contributed by atoms with E-state index in [2.05, 4.69) is 0 Å². The predicted octanol–water partition coefficient (Wildman–Crippen LogP) is 8.73. The molecule has 0 aliphatic heterocycles. The second-order valence-corrected chi connectivity index (χ2v) is 10.1. The lowest BCUT2D eigenvalue weighted by atomic mass is 9.91. The van der Waals surface area contributed by atoms with Crippen LogP contribution < -0.4 is 0 Å². The lowest BCUT2D eigenvalue weighted by Gasteiger charge is -2.18. The van der Waals surface area contributed by atoms with Gasteiger partial charge in [0.15, 0.2) is 5.75 Å². The first-order chi connectivity index (χ1) is 17.2. The van der Waals surface area contributed by atoms with Crippen LogP contribution in [0.25, 0.3) is 34.4 Å². The first kappa shape index (κ1) is 24.7. The van der Waals surface area contributed by atoms with Crippen LogP contribution in [-0.4, -0.2) is 20.4 Å². The molecular weight excluding hydrogens is 542 g/mol. The van der Waals surface area contributed by atoms with Crippen LogP contribution in [0.1, 0.15) is 22.3 Å². The van der Waals surface area contributed by atoms with Crippen molar-refractivity contribution in [3.8, 4) is 45.3 Å². The van der Waals surface area contributed by atoms with Crippen LogP contribution in [-0.2, 0) is 12.8 Å². The van der Waals surface area contributed by atoms with E-state index in [0.717, 1.165) is 11.1 Å². The zero-order valence-electron chi connectivity index (χ0n) is 18.5. The average molecular weight is 560 g/mol. The third kappa shape index (κ3) is 4.25. The van der Waals surface area contributed by atoms with Gasteiger partial charge in [-0.2, -0.15) is 0 Å². The number of aryl methyl sites for hydroxylation is 1. The van der Waals surface area contributed by atoms with Crippen molar-refractivity contribution in [2.45, 2.75) is 12.8 Å². The van der Waals surface area contributed by atoms with Gasteiger partial charge in [-0.1, -0.05) is 70.7 Å². The van der Waals surface area contributed by atoms with Crippen LogP contribution in [0.3, 0.4) is 0 Å². The minimum atomic E-state index is -0.261. The summed E-state index contributed by atoms with van der Waals surface area (Å²) in [5.74, 6) is -0.581. The van der Waals surface area contributed by atoms with Crippen LogP contribution in [0.4, 0.5) is 0 Å². The fourth-order valence-corrected chi connectivity index (χ4v) is 5.41. The molecule has 0 amide bonds. The van der Waals surface area contributed by atoms with Crippen molar-refractivity contribution in [1.29, 1.82) is 0 Å². The van der Waals surface area contributed by atoms with E-state index in [0.29, 0.717) is 46.2 Å². The molecule has 2 aliphatic carbocycles. The molecule has 0 heterocycles. The number of fused-ring (bicyclic) bond motifs is 3. The molecule has 0 saturated heterocycles. The number of aromatic hydroxyl groups is 4. The summed E-state index contributed by atoms with van der Waals surface area (Å²) in [6.45, 7) is 0. The van der Waals surface area contributed by atoms with E-state index in [9.17, 15) is 20.4 Å². The van der Waals surface area contributed by atoms with Gasteiger partial charge in [-0.3, -0.25) is 0 Å². The molecule has 0 fully saturated rings. The minimum Gasteiger partial charge on any atom is -0.507 e. The molecule has 0 aromatic heterocycles. The van der Waals surface area contributed by atoms with E-state index >= 15 is 0 Å². The van der Waals surface area contributed by atoms with Crippen molar-refractivity contribution in [1.82, 2.24) is 0 Å². The molecule has 4 N–H and O–H groups in total. The topological polar surface area (TPSA) is 80.9 Å². The Bertz CT molecular complexity index is 1580. The van der Waals surface area contributed by atoms with Crippen LogP contribution in [0.15, 0.2) is 48.5 Å². The highest BCUT2D eigenvalue weighted by atomic mass is 35.5. The van der Waals surface area contributed by atoms with E-state index in [1.165, 1.54) is 6.07 Å². The highest BCUT2D eigenvalue weighted by Crippen LogP contribution is 2.47. The second-order valence-electron chi connectivity index (χ2n) is 8.50. The zero-order chi connectivity index (χ0) is 25.7. The van der Waals surface area contributed by atoms with Gasteiger partial charge >= 0.3 is 0 Å². The fourth-order valence-electron chi connectivity index (χ4n) is 4.39. The molecule has 0 unspecified atom stereocenters. The number of rotatable bonds is 0. The molecule has 4 aromatic carbocycles. The van der Waals surface area contributed by atoms with Crippen molar-refractivity contribution in [3.63, 3.8) is 0 Å². The third-order valence-corrected chi connectivity index (χ3v) is 7.67. The summed E-state index contributed by atoms with van der Waals surface area (Å²) in [6, 6.07) is 13.4. The maximum Gasteiger partial charge on any atom is 0.153 e. The molecule has 0 spiro atoms. The standard InChI is InChI=1S/C28H18Cl4O4/c29-21-11-14-2-6-16-18(12-22(30)28(36)25(16)32)17-7-5-15(24(31)27(17)35)4-1-13-3-8-23(33)19(9-13)20(10-14)26(21)34/h1,3-5,7-12,33-36H,2,6H2. The highest BCUT2D eigenvalue weighted by Gasteiger charge is 2.22. The summed E-state index contributed by atoms with van der Waals surface area (Å²) in [6.07, 6.45) is 4.25. The number of benzene rings is 4. The lowest BCUT2D eigenvalue weighted by Crippen LogP contribution is -1.98. The zero-order valence-corrected chi connectivity index (χ0v) is 21.5. The molecular formula is C28H18Cl4O4. The van der Waals surface area contributed by atoms with Crippen molar-refractivity contribution < 1.29 is 20.4 Å². The summed E-state index contributed by atoms with van der Waals surface area (Å²) in [5, 5.41) is 43.1. The Morgan fingerprint density at radius 1 is 0.556 bits per heavy atom. The molecule has 8 heteroatoms. The smallest absolute Gasteiger partial charge is 0.153 e. The average Bonchev–Trinajstić information content (AvgIpc) is 2.85. The van der Waals surface area contributed by atoms with E-state index in [1.807, 2.05) is 0 Å². The number of phenolic OH excluding ortho intramolecular Hbond substituents is 4. The van der Waals surface area contributed by atoms with Crippen molar-refractivity contribution in [2.24, 2.45) is 0 Å². The van der Waals surface area contributed by atoms with E-state index in [-0.39, 0.29) is 43.1 Å². The number of hydrogen-bond acceptors (Lipinski definition) is 4. The van der Waals surface area contributed by atoms with Crippen molar-refractivity contribution in [2.75, 3.05) is 0 Å². The van der Waals surface area contributed by atoms with Gasteiger partial charge in [0.2, 0.25) is 0 Å². The fraction of sp³-hybridized carbons (Fsp3) is 0.0714. The SMILES string of the molecule is Oc1ccc2cc1-c1cc(cc(Cl)c1O)CCc1c(cc(Cl)c(O)c1Cl)-c1ccc(c(Cl)c1O)C=C2. The predicted molar refractivity (Wildman–Crippen MR) is 147 cm³/mol. The molecule has 182 valence electrons. The maximum absolute atomic E-state index is 11.0. The van der Waals surface area contributed by atoms with E-state index in [4.69, 9.17) is 46.4 Å². The van der Waals surface area contributed by atoms with Crippen LogP contribution in [0.2, 0.25) is 20.1 Å². The van der Waals surface area contributed by atoms with E-state index < -0.39 is 0 Å². The van der Waals surface area contributed by atoms with Gasteiger partial charge in [0, 0.05) is 16.7 Å². The maximum atomic E-state index is 11.0. The molecule has 4 nitrogen and oxygen atoms in total. The molecule has 0 radical (unpaired) electrons. The summed E-state index contributed by atoms with van der Waals surface area (Å²) < 4.78 is 0. The van der Waals surface area contributed by atoms with Gasteiger partial charge in [-0.05, 0) is 77.1 Å². The van der Waals surface area contributed by atoms with Crippen molar-refractivity contribution >= 4 is 58.6 Å². The Kier molecular flexibility index (Phi) is 6.48. The third-order valence-electron chi connectivity index (χ3n) is 6.28. The molecule has 4 aromatic rings. The Morgan fingerprint density at radius 2 is 1.31 bits per heavy atom. The number of halogens is 4. The lowest BCUT2D eigenvalue weighted by molar-refractivity contribution is 0.469. The van der Waals surface area contributed by atoms with Gasteiger partial charge in [-0.15, -0.1) is 0 Å². The van der Waals surface area contributed by atoms with Gasteiger partial charge in [0.1, 0.15) is 17.2 Å².